The van der Waals surface area contributed by atoms with Crippen LogP contribution in [0.25, 0.3) is 0 Å². The highest BCUT2D eigenvalue weighted by Crippen LogP contribution is 2.37. The quantitative estimate of drug-likeness (QED) is 0.510. The van der Waals surface area contributed by atoms with Crippen LogP contribution < -0.4 is 4.74 Å². The van der Waals surface area contributed by atoms with Gasteiger partial charge in [0.25, 0.3) is 0 Å². The third-order valence-electron chi connectivity index (χ3n) is 1.66. The molecular weight excluding hydrogens is 238 g/mol. The number of hydrogen-bond acceptors (Lipinski definition) is 5. The van der Waals surface area contributed by atoms with Crippen LogP contribution in [0.2, 0.25) is 0 Å². The predicted molar refractivity (Wildman–Crippen MR) is 69.4 cm³/mol. The Labute approximate surface area is 106 Å². The number of ether oxygens (including phenoxy) is 1. The molecule has 0 aliphatic carbocycles. The number of nitro benzene ring substituents is 1. The van der Waals surface area contributed by atoms with Crippen LogP contribution in [0.1, 0.15) is 38.1 Å². The molecular formula is C12H19NO5. The molecule has 6 nitrogen and oxygen atoms in total. The Kier molecular flexibility index (Phi) is 10.2. The lowest BCUT2D eigenvalue weighted by atomic mass is 10.1. The van der Waals surface area contributed by atoms with E-state index in [0.29, 0.717) is 6.29 Å². The molecule has 0 radical (unpaired) electrons. The molecule has 1 aromatic carbocycles. The number of benzene rings is 1. The van der Waals surface area contributed by atoms with Gasteiger partial charge in [0.15, 0.2) is 12.0 Å². The molecule has 0 aliphatic rings. The third kappa shape index (κ3) is 4.40. The molecule has 0 amide bonds. The molecule has 0 heterocycles. The van der Waals surface area contributed by atoms with E-state index in [1.807, 2.05) is 27.7 Å². The van der Waals surface area contributed by atoms with Gasteiger partial charge >= 0.3 is 5.69 Å². The molecule has 102 valence electrons. The lowest BCUT2D eigenvalue weighted by Crippen LogP contribution is -1.98. The van der Waals surface area contributed by atoms with Crippen LogP contribution in [-0.4, -0.2) is 23.4 Å². The molecule has 0 aromatic heterocycles. The number of phenols is 1. The standard InChI is InChI=1S/C8H7NO5.2C2H6/c1-14-8-6(11)3-2-5(4-10)7(8)9(12)13;2*1-2/h2-4,11H,1H3;2*1-2H3. The molecule has 0 saturated heterocycles. The molecule has 0 fully saturated rings. The highest BCUT2D eigenvalue weighted by atomic mass is 16.6. The Hall–Kier alpha value is -2.11. The van der Waals surface area contributed by atoms with Crippen LogP contribution in [0.5, 0.6) is 11.5 Å². The van der Waals surface area contributed by atoms with Gasteiger partial charge in [-0.3, -0.25) is 14.9 Å². The fraction of sp³-hybridized carbons (Fsp3) is 0.417. The second-order valence-corrected chi connectivity index (χ2v) is 2.43. The van der Waals surface area contributed by atoms with E-state index in [9.17, 15) is 20.0 Å². The summed E-state index contributed by atoms with van der Waals surface area (Å²) in [5, 5.41) is 19.8. The summed E-state index contributed by atoms with van der Waals surface area (Å²) in [6, 6.07) is 2.32. The van der Waals surface area contributed by atoms with Crippen molar-refractivity contribution in [2.45, 2.75) is 27.7 Å². The molecule has 0 atom stereocenters. The summed E-state index contributed by atoms with van der Waals surface area (Å²) < 4.78 is 4.63. The monoisotopic (exact) mass is 257 g/mol. The number of nitrogens with zero attached hydrogens (tertiary/aromatic N) is 1. The number of methoxy groups -OCH3 is 1. The normalized spacial score (nSPS) is 8.06. The fourth-order valence-corrected chi connectivity index (χ4v) is 1.06. The van der Waals surface area contributed by atoms with Crippen molar-refractivity contribution in [3.05, 3.63) is 27.8 Å². The fourth-order valence-electron chi connectivity index (χ4n) is 1.06. The van der Waals surface area contributed by atoms with E-state index in [0.717, 1.165) is 12.1 Å². The Balaban J connectivity index is 0. The van der Waals surface area contributed by atoms with E-state index in [1.54, 1.807) is 0 Å². The van der Waals surface area contributed by atoms with Crippen molar-refractivity contribution in [1.29, 1.82) is 0 Å². The van der Waals surface area contributed by atoms with E-state index in [2.05, 4.69) is 4.74 Å². The lowest BCUT2D eigenvalue weighted by molar-refractivity contribution is -0.386. The molecule has 18 heavy (non-hydrogen) atoms. The molecule has 1 N–H and O–H groups in total. The van der Waals surface area contributed by atoms with Gasteiger partial charge in [0.05, 0.1) is 17.6 Å². The summed E-state index contributed by atoms with van der Waals surface area (Å²) in [4.78, 5) is 20.3. The van der Waals surface area contributed by atoms with Gasteiger partial charge < -0.3 is 9.84 Å². The van der Waals surface area contributed by atoms with Gasteiger partial charge in [-0.1, -0.05) is 27.7 Å². The molecule has 0 spiro atoms. The van der Waals surface area contributed by atoms with Crippen molar-refractivity contribution in [2.75, 3.05) is 7.11 Å². The van der Waals surface area contributed by atoms with E-state index < -0.39 is 10.6 Å². The summed E-state index contributed by atoms with van der Waals surface area (Å²) in [6.07, 6.45) is 0.333. The number of nitro groups is 1. The predicted octanol–water partition coefficient (Wildman–Crippen LogP) is 3.17. The average molecular weight is 257 g/mol. The van der Waals surface area contributed by atoms with Gasteiger partial charge in [-0.25, -0.2) is 0 Å². The smallest absolute Gasteiger partial charge is 0.325 e. The number of phenolic OH excluding ortho intramolecular Hbond substituents is 1. The minimum absolute atomic E-state index is 0.135. The van der Waals surface area contributed by atoms with E-state index in [4.69, 9.17) is 0 Å². The average Bonchev–Trinajstić information content (AvgIpc) is 2.42. The van der Waals surface area contributed by atoms with Gasteiger partial charge in [0.1, 0.15) is 0 Å². The zero-order valence-electron chi connectivity index (χ0n) is 11.3. The first-order valence-electron chi connectivity index (χ1n) is 5.61. The van der Waals surface area contributed by atoms with Crippen molar-refractivity contribution in [3.8, 4) is 11.5 Å². The van der Waals surface area contributed by atoms with Gasteiger partial charge in [0.2, 0.25) is 5.75 Å². The Morgan fingerprint density at radius 3 is 2.11 bits per heavy atom. The minimum atomic E-state index is -0.776. The van der Waals surface area contributed by atoms with Crippen molar-refractivity contribution < 1.29 is 19.6 Å². The van der Waals surface area contributed by atoms with Gasteiger partial charge in [0, 0.05) is 0 Å². The molecule has 1 rings (SSSR count). The maximum Gasteiger partial charge on any atom is 0.325 e. The maximum absolute atomic E-state index is 10.6. The number of carbonyl (C=O) groups is 1. The van der Waals surface area contributed by atoms with Gasteiger partial charge in [-0.2, -0.15) is 0 Å². The summed E-state index contributed by atoms with van der Waals surface area (Å²) in [5.74, 6) is -0.676. The number of carbonyl (C=O) groups excluding carboxylic acids is 1. The van der Waals surface area contributed by atoms with Crippen molar-refractivity contribution in [2.24, 2.45) is 0 Å². The van der Waals surface area contributed by atoms with Gasteiger partial charge in [-0.15, -0.1) is 0 Å². The lowest BCUT2D eigenvalue weighted by Gasteiger charge is -2.04. The number of aromatic hydroxyl groups is 1. The van der Waals surface area contributed by atoms with Crippen LogP contribution in [0.3, 0.4) is 0 Å². The molecule has 0 saturated carbocycles. The molecule has 0 unspecified atom stereocenters. The molecule has 6 heteroatoms. The van der Waals surface area contributed by atoms with Crippen LogP contribution in [0.4, 0.5) is 5.69 Å². The third-order valence-corrected chi connectivity index (χ3v) is 1.66. The Bertz CT molecular complexity index is 390. The van der Waals surface area contributed by atoms with E-state index in [1.165, 1.54) is 7.11 Å². The van der Waals surface area contributed by atoms with Crippen LogP contribution >= 0.6 is 0 Å². The van der Waals surface area contributed by atoms with E-state index >= 15 is 0 Å². The van der Waals surface area contributed by atoms with Crippen LogP contribution in [0, 0.1) is 10.1 Å². The number of rotatable bonds is 3. The zero-order chi connectivity index (χ0) is 14.7. The zero-order valence-corrected chi connectivity index (χ0v) is 11.3. The van der Waals surface area contributed by atoms with Crippen molar-refractivity contribution >= 4 is 12.0 Å². The molecule has 0 aliphatic heterocycles. The second kappa shape index (κ2) is 10.1. The molecule has 0 bridgehead atoms. The van der Waals surface area contributed by atoms with Crippen LogP contribution in [0.15, 0.2) is 12.1 Å². The highest BCUT2D eigenvalue weighted by Gasteiger charge is 2.23. The minimum Gasteiger partial charge on any atom is -0.504 e. The van der Waals surface area contributed by atoms with E-state index in [-0.39, 0.29) is 17.1 Å². The first-order valence-corrected chi connectivity index (χ1v) is 5.61. The van der Waals surface area contributed by atoms with Crippen LogP contribution in [-0.2, 0) is 0 Å². The summed E-state index contributed by atoms with van der Waals surface area (Å²) in [5.41, 5.74) is -0.660. The SMILES string of the molecule is CC.CC.COc1c(O)ccc(C=O)c1[N+](=O)[O-]. The largest absolute Gasteiger partial charge is 0.504 e. The van der Waals surface area contributed by atoms with Gasteiger partial charge in [-0.05, 0) is 12.1 Å². The topological polar surface area (TPSA) is 89.7 Å². The second-order valence-electron chi connectivity index (χ2n) is 2.43. The number of aldehydes is 1. The van der Waals surface area contributed by atoms with Crippen molar-refractivity contribution in [3.63, 3.8) is 0 Å². The Morgan fingerprint density at radius 1 is 1.28 bits per heavy atom. The first-order chi connectivity index (χ1) is 8.61. The Morgan fingerprint density at radius 2 is 1.78 bits per heavy atom. The van der Waals surface area contributed by atoms with Crippen molar-refractivity contribution in [1.82, 2.24) is 0 Å². The number of hydrogen-bond donors (Lipinski definition) is 1. The maximum atomic E-state index is 10.6. The summed E-state index contributed by atoms with van der Waals surface area (Å²) in [7, 11) is 1.18. The summed E-state index contributed by atoms with van der Waals surface area (Å²) in [6.45, 7) is 8.00. The summed E-state index contributed by atoms with van der Waals surface area (Å²) >= 11 is 0. The highest BCUT2D eigenvalue weighted by molar-refractivity contribution is 5.84. The molecule has 1 aromatic rings. The first kappa shape index (κ1) is 18.3.